The second-order valence-corrected chi connectivity index (χ2v) is 4.12. The molecule has 1 rings (SSSR count). The van der Waals surface area contributed by atoms with Crippen molar-refractivity contribution in [2.45, 2.75) is 13.8 Å². The van der Waals surface area contributed by atoms with Crippen LogP contribution in [-0.2, 0) is 9.53 Å². The second kappa shape index (κ2) is 6.64. The number of ether oxygens (including phenoxy) is 2. The predicted molar refractivity (Wildman–Crippen MR) is 72.4 cm³/mol. The van der Waals surface area contributed by atoms with Crippen molar-refractivity contribution in [3.63, 3.8) is 0 Å². The summed E-state index contributed by atoms with van der Waals surface area (Å²) in [6.07, 6.45) is 1.96. The van der Waals surface area contributed by atoms with E-state index in [0.29, 0.717) is 5.57 Å². The number of benzene rings is 1. The van der Waals surface area contributed by atoms with E-state index in [-0.39, 0.29) is 12.6 Å². The number of carbonyl (C=O) groups excluding carboxylic acids is 1. The molecule has 0 amide bonds. The van der Waals surface area contributed by atoms with E-state index in [2.05, 4.69) is 6.58 Å². The summed E-state index contributed by atoms with van der Waals surface area (Å²) >= 11 is 0. The molecular weight excluding hydrogens is 228 g/mol. The van der Waals surface area contributed by atoms with E-state index >= 15 is 0 Å². The van der Waals surface area contributed by atoms with Crippen LogP contribution in [0.25, 0.3) is 6.08 Å². The maximum Gasteiger partial charge on any atom is 0.333 e. The van der Waals surface area contributed by atoms with Gasteiger partial charge in [0.25, 0.3) is 0 Å². The van der Waals surface area contributed by atoms with Gasteiger partial charge in [0, 0.05) is 5.57 Å². The molecule has 18 heavy (non-hydrogen) atoms. The average Bonchev–Trinajstić information content (AvgIpc) is 2.36. The molecule has 1 aromatic carbocycles. The lowest BCUT2D eigenvalue weighted by molar-refractivity contribution is -0.137. The van der Waals surface area contributed by atoms with Gasteiger partial charge in [0.1, 0.15) is 12.4 Å². The summed E-state index contributed by atoms with van der Waals surface area (Å²) in [6, 6.07) is 7.67. The van der Waals surface area contributed by atoms with Crippen LogP contribution in [0, 0.1) is 0 Å². The molecule has 3 heteroatoms. The Kier molecular flexibility index (Phi) is 5.18. The summed E-state index contributed by atoms with van der Waals surface area (Å²) in [7, 11) is 1.63. The molecule has 0 bridgehead atoms. The number of rotatable bonds is 5. The van der Waals surface area contributed by atoms with Gasteiger partial charge in [-0.15, -0.1) is 0 Å². The number of carbonyl (C=O) groups is 1. The fourth-order valence-electron chi connectivity index (χ4n) is 1.33. The Hall–Kier alpha value is -2.03. The summed E-state index contributed by atoms with van der Waals surface area (Å²) in [5, 5.41) is 0. The molecule has 96 valence electrons. The number of esters is 1. The van der Waals surface area contributed by atoms with Gasteiger partial charge in [0.15, 0.2) is 0 Å². The third-order valence-corrected chi connectivity index (χ3v) is 2.31. The van der Waals surface area contributed by atoms with Crippen LogP contribution in [0.2, 0.25) is 0 Å². The minimum Gasteiger partial charge on any atom is -0.497 e. The molecule has 0 saturated heterocycles. The van der Waals surface area contributed by atoms with Crippen LogP contribution in [0.5, 0.6) is 5.75 Å². The zero-order valence-corrected chi connectivity index (χ0v) is 11.0. The summed E-state index contributed by atoms with van der Waals surface area (Å²) in [4.78, 5) is 11.2. The fourth-order valence-corrected chi connectivity index (χ4v) is 1.33. The van der Waals surface area contributed by atoms with E-state index in [4.69, 9.17) is 9.47 Å². The molecule has 0 fully saturated rings. The first-order chi connectivity index (χ1) is 8.52. The Labute approximate surface area is 108 Å². The van der Waals surface area contributed by atoms with E-state index in [9.17, 15) is 4.79 Å². The molecule has 0 unspecified atom stereocenters. The van der Waals surface area contributed by atoms with Crippen molar-refractivity contribution >= 4 is 12.0 Å². The van der Waals surface area contributed by atoms with Crippen molar-refractivity contribution in [2.24, 2.45) is 0 Å². The SMILES string of the molecule is C=C(C)C(=O)OCC(C)=Cc1ccc(OC)cc1. The third-order valence-electron chi connectivity index (χ3n) is 2.31. The summed E-state index contributed by atoms with van der Waals surface area (Å²) in [6.45, 7) is 7.35. The van der Waals surface area contributed by atoms with E-state index < -0.39 is 0 Å². The van der Waals surface area contributed by atoms with Gasteiger partial charge in [-0.1, -0.05) is 24.8 Å². The van der Waals surface area contributed by atoms with Crippen LogP contribution in [0.4, 0.5) is 0 Å². The van der Waals surface area contributed by atoms with Crippen LogP contribution in [0.15, 0.2) is 42.0 Å². The predicted octanol–water partition coefficient (Wildman–Crippen LogP) is 3.22. The van der Waals surface area contributed by atoms with Gasteiger partial charge in [0.2, 0.25) is 0 Å². The molecular formula is C15H18O3. The highest BCUT2D eigenvalue weighted by atomic mass is 16.5. The first kappa shape index (κ1) is 14.0. The number of hydrogen-bond acceptors (Lipinski definition) is 3. The van der Waals surface area contributed by atoms with Crippen molar-refractivity contribution < 1.29 is 14.3 Å². The van der Waals surface area contributed by atoms with E-state index in [1.165, 1.54) is 0 Å². The van der Waals surface area contributed by atoms with Gasteiger partial charge in [0.05, 0.1) is 7.11 Å². The molecule has 0 saturated carbocycles. The van der Waals surface area contributed by atoms with Crippen molar-refractivity contribution in [1.29, 1.82) is 0 Å². The molecule has 0 radical (unpaired) electrons. The van der Waals surface area contributed by atoms with Crippen LogP contribution in [-0.4, -0.2) is 19.7 Å². The Morgan fingerprint density at radius 1 is 1.28 bits per heavy atom. The molecule has 0 spiro atoms. The van der Waals surface area contributed by atoms with Crippen molar-refractivity contribution in [3.8, 4) is 5.75 Å². The maximum absolute atomic E-state index is 11.2. The van der Waals surface area contributed by atoms with Crippen molar-refractivity contribution in [1.82, 2.24) is 0 Å². The van der Waals surface area contributed by atoms with Crippen LogP contribution >= 0.6 is 0 Å². The Morgan fingerprint density at radius 3 is 2.39 bits per heavy atom. The largest absolute Gasteiger partial charge is 0.497 e. The Bertz CT molecular complexity index is 455. The molecule has 0 heterocycles. The Morgan fingerprint density at radius 2 is 1.89 bits per heavy atom. The van der Waals surface area contributed by atoms with Gasteiger partial charge in [-0.05, 0) is 37.1 Å². The summed E-state index contributed by atoms with van der Waals surface area (Å²) < 4.78 is 10.1. The molecule has 0 aliphatic heterocycles. The lowest BCUT2D eigenvalue weighted by atomic mass is 10.1. The second-order valence-electron chi connectivity index (χ2n) is 4.12. The van der Waals surface area contributed by atoms with Gasteiger partial charge in [-0.3, -0.25) is 0 Å². The molecule has 0 N–H and O–H groups in total. The monoisotopic (exact) mass is 246 g/mol. The van der Waals surface area contributed by atoms with Crippen LogP contribution in [0.1, 0.15) is 19.4 Å². The highest BCUT2D eigenvalue weighted by Crippen LogP contribution is 2.14. The molecule has 3 nitrogen and oxygen atoms in total. The summed E-state index contributed by atoms with van der Waals surface area (Å²) in [5.41, 5.74) is 2.42. The molecule has 0 aromatic heterocycles. The fraction of sp³-hybridized carbons (Fsp3) is 0.267. The first-order valence-corrected chi connectivity index (χ1v) is 5.67. The van der Waals surface area contributed by atoms with E-state index in [1.54, 1.807) is 14.0 Å². The normalized spacial score (nSPS) is 10.9. The average molecular weight is 246 g/mol. The molecule has 0 aliphatic rings. The lowest BCUT2D eigenvalue weighted by Crippen LogP contribution is -2.06. The topological polar surface area (TPSA) is 35.5 Å². The molecule has 0 aliphatic carbocycles. The number of hydrogen-bond donors (Lipinski definition) is 0. The molecule has 1 aromatic rings. The summed E-state index contributed by atoms with van der Waals surface area (Å²) in [5.74, 6) is 0.455. The van der Waals surface area contributed by atoms with Gasteiger partial charge in [-0.2, -0.15) is 0 Å². The standard InChI is InChI=1S/C15H18O3/c1-11(2)15(16)18-10-12(3)9-13-5-7-14(17-4)8-6-13/h5-9H,1,10H2,2-4H3. The maximum atomic E-state index is 11.2. The Balaban J connectivity index is 2.59. The minimum atomic E-state index is -0.363. The zero-order chi connectivity index (χ0) is 13.5. The smallest absolute Gasteiger partial charge is 0.333 e. The quantitative estimate of drug-likeness (QED) is 0.591. The van der Waals surface area contributed by atoms with Gasteiger partial charge in [-0.25, -0.2) is 4.79 Å². The zero-order valence-electron chi connectivity index (χ0n) is 11.0. The van der Waals surface area contributed by atoms with Gasteiger partial charge < -0.3 is 9.47 Å². The van der Waals surface area contributed by atoms with E-state index in [1.807, 2.05) is 37.3 Å². The highest BCUT2D eigenvalue weighted by molar-refractivity contribution is 5.87. The first-order valence-electron chi connectivity index (χ1n) is 5.67. The molecule has 0 atom stereocenters. The van der Waals surface area contributed by atoms with Crippen molar-refractivity contribution in [2.75, 3.05) is 13.7 Å². The van der Waals surface area contributed by atoms with Gasteiger partial charge >= 0.3 is 5.97 Å². The lowest BCUT2D eigenvalue weighted by Gasteiger charge is -2.05. The van der Waals surface area contributed by atoms with E-state index in [0.717, 1.165) is 16.9 Å². The minimum absolute atomic E-state index is 0.276. The van der Waals surface area contributed by atoms with Crippen LogP contribution in [0.3, 0.4) is 0 Å². The third kappa shape index (κ3) is 4.45. The van der Waals surface area contributed by atoms with Crippen LogP contribution < -0.4 is 4.74 Å². The van der Waals surface area contributed by atoms with Crippen molar-refractivity contribution in [3.05, 3.63) is 47.6 Å². The number of methoxy groups -OCH3 is 1. The highest BCUT2D eigenvalue weighted by Gasteiger charge is 2.02.